The SMILES string of the molecule is [B][Si]([B])(C)CCc1ccccc1. The van der Waals surface area contributed by atoms with Crippen LogP contribution in [0.4, 0.5) is 0 Å². The van der Waals surface area contributed by atoms with Crippen LogP contribution in [0, 0.1) is 0 Å². The highest BCUT2D eigenvalue weighted by Gasteiger charge is 2.10. The first-order valence-electron chi connectivity index (χ1n) is 4.20. The van der Waals surface area contributed by atoms with Gasteiger partial charge in [-0.25, -0.2) is 0 Å². The topological polar surface area (TPSA) is 0 Å². The van der Waals surface area contributed by atoms with Crippen LogP contribution in [0.2, 0.25) is 12.6 Å². The van der Waals surface area contributed by atoms with Crippen LogP contribution in [-0.4, -0.2) is 22.7 Å². The minimum atomic E-state index is -1.84. The lowest BCUT2D eigenvalue weighted by Crippen LogP contribution is -2.32. The van der Waals surface area contributed by atoms with Gasteiger partial charge in [-0.1, -0.05) is 42.9 Å². The molecule has 0 unspecified atom stereocenters. The molecule has 0 saturated heterocycles. The summed E-state index contributed by atoms with van der Waals surface area (Å²) in [6.45, 7) is 1.98. The highest BCUT2D eigenvalue weighted by Crippen LogP contribution is 2.07. The molecule has 0 saturated carbocycles. The summed E-state index contributed by atoms with van der Waals surface area (Å²) in [5, 5.41) is 0. The molecule has 0 aliphatic carbocycles. The maximum atomic E-state index is 5.80. The molecule has 0 nitrogen and oxygen atoms in total. The van der Waals surface area contributed by atoms with Gasteiger partial charge in [-0.3, -0.25) is 0 Å². The maximum absolute atomic E-state index is 5.80. The van der Waals surface area contributed by atoms with Gasteiger partial charge in [0.05, 0.1) is 0 Å². The van der Waals surface area contributed by atoms with Crippen LogP contribution in [-0.2, 0) is 6.42 Å². The van der Waals surface area contributed by atoms with Crippen LogP contribution in [0.3, 0.4) is 0 Å². The molecule has 0 N–H and O–H groups in total. The molecule has 1 aromatic carbocycles. The summed E-state index contributed by atoms with van der Waals surface area (Å²) in [6, 6.07) is 11.3. The van der Waals surface area contributed by atoms with Crippen molar-refractivity contribution in [1.29, 1.82) is 0 Å². The second-order valence-corrected chi connectivity index (χ2v) is 7.00. The predicted octanol–water partition coefficient (Wildman–Crippen LogP) is 1.64. The van der Waals surface area contributed by atoms with Gasteiger partial charge in [-0.2, -0.15) is 0 Å². The predicted molar refractivity (Wildman–Crippen MR) is 58.1 cm³/mol. The summed E-state index contributed by atoms with van der Waals surface area (Å²) in [5.41, 5.74) is 1.33. The Hall–Kier alpha value is -0.433. The Morgan fingerprint density at radius 2 is 1.75 bits per heavy atom. The molecular weight excluding hydrogens is 158 g/mol. The van der Waals surface area contributed by atoms with Crippen molar-refractivity contribution in [3.05, 3.63) is 35.9 Å². The summed E-state index contributed by atoms with van der Waals surface area (Å²) >= 11 is 0. The van der Waals surface area contributed by atoms with Crippen molar-refractivity contribution >= 4 is 22.7 Å². The van der Waals surface area contributed by atoms with Gasteiger partial charge < -0.3 is 0 Å². The van der Waals surface area contributed by atoms with Crippen LogP contribution in [0.5, 0.6) is 0 Å². The first-order valence-corrected chi connectivity index (χ1v) is 7.06. The lowest BCUT2D eigenvalue weighted by Gasteiger charge is -2.16. The second-order valence-electron chi connectivity index (χ2n) is 3.49. The average Bonchev–Trinajstić information content (AvgIpc) is 2.02. The van der Waals surface area contributed by atoms with E-state index in [9.17, 15) is 0 Å². The zero-order valence-corrected chi connectivity index (χ0v) is 8.46. The third-order valence-electron chi connectivity index (χ3n) is 1.80. The van der Waals surface area contributed by atoms with Crippen LogP contribution in [0.1, 0.15) is 5.56 Å². The van der Waals surface area contributed by atoms with E-state index in [2.05, 4.69) is 12.1 Å². The Morgan fingerprint density at radius 3 is 2.25 bits per heavy atom. The van der Waals surface area contributed by atoms with Crippen LogP contribution >= 0.6 is 0 Å². The molecule has 0 fully saturated rings. The standard InChI is InChI=1S/C9H12B2Si/c1-12(10,11)8-7-9-5-3-2-4-6-9/h2-6H,7-8H2,1H3. The van der Waals surface area contributed by atoms with Crippen molar-refractivity contribution in [2.45, 2.75) is 19.0 Å². The Morgan fingerprint density at radius 1 is 1.17 bits per heavy atom. The number of rotatable bonds is 3. The maximum Gasteiger partial charge on any atom is 0.0467 e. The number of aryl methyl sites for hydroxylation is 1. The normalized spacial score (nSPS) is 11.4. The van der Waals surface area contributed by atoms with Crippen molar-refractivity contribution < 1.29 is 0 Å². The Labute approximate surface area is 78.1 Å². The van der Waals surface area contributed by atoms with E-state index in [-0.39, 0.29) is 0 Å². The zero-order valence-electron chi connectivity index (χ0n) is 7.46. The lowest BCUT2D eigenvalue weighted by atomic mass is 10.2. The molecule has 0 aliphatic heterocycles. The van der Waals surface area contributed by atoms with E-state index >= 15 is 0 Å². The second kappa shape index (κ2) is 3.99. The van der Waals surface area contributed by atoms with E-state index in [4.69, 9.17) is 14.9 Å². The molecule has 0 bridgehead atoms. The van der Waals surface area contributed by atoms with Crippen LogP contribution < -0.4 is 0 Å². The first kappa shape index (κ1) is 9.65. The van der Waals surface area contributed by atoms with Gasteiger partial charge >= 0.3 is 0 Å². The summed E-state index contributed by atoms with van der Waals surface area (Å²) in [4.78, 5) is 0. The molecule has 4 radical (unpaired) electrons. The van der Waals surface area contributed by atoms with Gasteiger partial charge in [0.1, 0.15) is 0 Å². The van der Waals surface area contributed by atoms with E-state index in [1.807, 2.05) is 24.7 Å². The van der Waals surface area contributed by atoms with E-state index in [0.29, 0.717) is 0 Å². The minimum absolute atomic E-state index is 0.955. The lowest BCUT2D eigenvalue weighted by molar-refractivity contribution is 1.12. The van der Waals surface area contributed by atoms with Crippen molar-refractivity contribution in [3.63, 3.8) is 0 Å². The largest absolute Gasteiger partial charge is 0.0822 e. The molecule has 0 atom stereocenters. The highest BCUT2D eigenvalue weighted by molar-refractivity contribution is 7.40. The van der Waals surface area contributed by atoms with Crippen molar-refractivity contribution in [1.82, 2.24) is 0 Å². The fourth-order valence-corrected chi connectivity index (χ4v) is 1.89. The van der Waals surface area contributed by atoms with Crippen molar-refractivity contribution in [2.24, 2.45) is 0 Å². The van der Waals surface area contributed by atoms with Crippen LogP contribution in [0.15, 0.2) is 30.3 Å². The fraction of sp³-hybridized carbons (Fsp3) is 0.333. The first-order chi connectivity index (χ1) is 5.58. The number of benzene rings is 1. The summed E-state index contributed by atoms with van der Waals surface area (Å²) in [6.07, 6.45) is 1.01. The van der Waals surface area contributed by atoms with Gasteiger partial charge in [-0.15, -0.1) is 0 Å². The minimum Gasteiger partial charge on any atom is -0.0822 e. The van der Waals surface area contributed by atoms with Gasteiger partial charge in [0.2, 0.25) is 0 Å². The monoisotopic (exact) mass is 170 g/mol. The van der Waals surface area contributed by atoms with Crippen LogP contribution in [0.25, 0.3) is 0 Å². The molecule has 58 valence electrons. The van der Waals surface area contributed by atoms with Gasteiger partial charge in [-0.05, 0) is 19.8 Å². The van der Waals surface area contributed by atoms with E-state index in [1.54, 1.807) is 0 Å². The average molecular weight is 170 g/mol. The van der Waals surface area contributed by atoms with Crippen molar-refractivity contribution in [3.8, 4) is 0 Å². The van der Waals surface area contributed by atoms with E-state index < -0.39 is 7.81 Å². The van der Waals surface area contributed by atoms with E-state index in [1.165, 1.54) is 5.56 Å². The molecule has 1 aromatic rings. The van der Waals surface area contributed by atoms with Gasteiger partial charge in [0.25, 0.3) is 0 Å². The third-order valence-corrected chi connectivity index (χ3v) is 3.12. The van der Waals surface area contributed by atoms with Gasteiger partial charge in [0, 0.05) is 14.9 Å². The molecule has 3 heteroatoms. The Balaban J connectivity index is 2.44. The Kier molecular flexibility index (Phi) is 3.21. The molecule has 0 aliphatic rings. The van der Waals surface area contributed by atoms with Gasteiger partial charge in [0.15, 0.2) is 0 Å². The molecule has 0 heterocycles. The van der Waals surface area contributed by atoms with Crippen molar-refractivity contribution in [2.75, 3.05) is 0 Å². The highest BCUT2D eigenvalue weighted by atomic mass is 28.3. The number of hydrogen-bond donors (Lipinski definition) is 0. The summed E-state index contributed by atoms with van der Waals surface area (Å²) in [7, 11) is 9.76. The summed E-state index contributed by atoms with van der Waals surface area (Å²) in [5.74, 6) is 0. The molecule has 1 rings (SSSR count). The molecule has 12 heavy (non-hydrogen) atoms. The smallest absolute Gasteiger partial charge is 0.0467 e. The third kappa shape index (κ3) is 3.81. The zero-order chi connectivity index (χ0) is 9.03. The molecule has 0 aromatic heterocycles. The number of hydrogen-bond acceptors (Lipinski definition) is 0. The molecule has 0 spiro atoms. The molecule has 0 amide bonds. The van der Waals surface area contributed by atoms with E-state index in [0.717, 1.165) is 12.5 Å². The Bertz CT molecular complexity index is 228. The fourth-order valence-electron chi connectivity index (χ4n) is 1.06. The molecular formula is C9H12B2Si. The summed E-state index contributed by atoms with van der Waals surface area (Å²) < 4.78 is 0. The quantitative estimate of drug-likeness (QED) is 0.604.